The first-order valence-electron chi connectivity index (χ1n) is 16.6. The predicted octanol–water partition coefficient (Wildman–Crippen LogP) is 2.46. The monoisotopic (exact) mass is 712 g/mol. The quantitative estimate of drug-likeness (QED) is 0.100. The molecule has 0 spiro atoms. The molecule has 0 bridgehead atoms. The lowest BCUT2D eigenvalue weighted by Crippen LogP contribution is -2.50. The highest BCUT2D eigenvalue weighted by atomic mass is 16.6. The molecule has 7 rings (SSSR count). The van der Waals surface area contributed by atoms with Gasteiger partial charge in [-0.3, -0.25) is 14.8 Å². The topological polar surface area (TPSA) is 211 Å². The highest BCUT2D eigenvalue weighted by Crippen LogP contribution is 2.40. The van der Waals surface area contributed by atoms with Gasteiger partial charge < -0.3 is 33.8 Å². The van der Waals surface area contributed by atoms with Gasteiger partial charge in [-0.25, -0.2) is 30.0 Å². The Morgan fingerprint density at radius 3 is 2.50 bits per heavy atom. The van der Waals surface area contributed by atoms with Gasteiger partial charge in [-0.2, -0.15) is 0 Å². The standard InChI is InChI=1S/C35H36N8O9/c1-5-35(48)25-13-27-28-23(17-43(27)30(45)24(25)18-50-31(35)46)22(16-38-52-34(2,3)4)21-12-20(6-7-26(21)39-28)51-33(47)42-10-8-41(9-11-42)32-36-14-19(15-37-32)29(44)40-49/h6-7,12-16,48-49H,5,8-11,17-18H2,1-4H3,(H,40,44)/b38-16+/t35-/m0/s1. The van der Waals surface area contributed by atoms with Crippen LogP contribution in [0.2, 0.25) is 0 Å². The number of fused-ring (bicyclic) bond motifs is 5. The van der Waals surface area contributed by atoms with Crippen molar-refractivity contribution in [2.75, 3.05) is 31.1 Å². The lowest BCUT2D eigenvalue weighted by atomic mass is 9.86. The molecule has 270 valence electrons. The zero-order valence-corrected chi connectivity index (χ0v) is 28.9. The number of cyclic esters (lactones) is 1. The minimum absolute atomic E-state index is 0.0224. The summed E-state index contributed by atoms with van der Waals surface area (Å²) in [7, 11) is 0. The number of hydroxylamine groups is 1. The van der Waals surface area contributed by atoms with Gasteiger partial charge in [-0.05, 0) is 51.5 Å². The summed E-state index contributed by atoms with van der Waals surface area (Å²) in [5.74, 6) is -0.873. The average Bonchev–Trinajstić information content (AvgIpc) is 3.51. The van der Waals surface area contributed by atoms with Crippen molar-refractivity contribution in [3.05, 3.63) is 74.8 Å². The smallest absolute Gasteiger partial charge is 0.415 e. The van der Waals surface area contributed by atoms with Crippen molar-refractivity contribution >= 4 is 41.0 Å². The number of amides is 2. The summed E-state index contributed by atoms with van der Waals surface area (Å²) in [4.78, 5) is 73.7. The average molecular weight is 713 g/mol. The fourth-order valence-corrected chi connectivity index (χ4v) is 6.46. The molecule has 3 aliphatic heterocycles. The van der Waals surface area contributed by atoms with Gasteiger partial charge >= 0.3 is 12.1 Å². The van der Waals surface area contributed by atoms with Gasteiger partial charge in [0, 0.05) is 60.6 Å². The first-order valence-corrected chi connectivity index (χ1v) is 16.6. The summed E-state index contributed by atoms with van der Waals surface area (Å²) in [6.45, 7) is 8.59. The molecule has 4 aromatic rings. The number of aliphatic hydroxyl groups is 1. The first-order chi connectivity index (χ1) is 24.8. The van der Waals surface area contributed by atoms with E-state index in [1.54, 1.807) is 46.9 Å². The maximum atomic E-state index is 13.8. The van der Waals surface area contributed by atoms with Crippen LogP contribution in [0, 0.1) is 0 Å². The van der Waals surface area contributed by atoms with Gasteiger partial charge in [0.15, 0.2) is 5.60 Å². The molecule has 1 aromatic carbocycles. The highest BCUT2D eigenvalue weighted by molar-refractivity contribution is 6.03. The molecular formula is C35H36N8O9. The number of oxime groups is 1. The fraction of sp³-hybridized carbons (Fsp3) is 0.371. The van der Waals surface area contributed by atoms with Gasteiger partial charge in [0.05, 0.1) is 40.8 Å². The number of carbonyl (C=O) groups excluding carboxylic acids is 3. The van der Waals surface area contributed by atoms with Crippen molar-refractivity contribution in [1.29, 1.82) is 0 Å². The van der Waals surface area contributed by atoms with Crippen molar-refractivity contribution in [3.63, 3.8) is 0 Å². The second-order valence-electron chi connectivity index (χ2n) is 13.6. The van der Waals surface area contributed by atoms with Crippen molar-refractivity contribution in [1.82, 2.24) is 29.9 Å². The molecule has 0 unspecified atom stereocenters. The largest absolute Gasteiger partial charge is 0.458 e. The van der Waals surface area contributed by atoms with Gasteiger partial charge in [0.2, 0.25) is 5.95 Å². The van der Waals surface area contributed by atoms with Crippen molar-refractivity contribution < 1.29 is 39.0 Å². The van der Waals surface area contributed by atoms with Gasteiger partial charge in [-0.1, -0.05) is 12.1 Å². The third kappa shape index (κ3) is 6.06. The van der Waals surface area contributed by atoms with Crippen LogP contribution < -0.4 is 20.7 Å². The zero-order chi connectivity index (χ0) is 36.9. The maximum absolute atomic E-state index is 13.8. The number of rotatable bonds is 6. The van der Waals surface area contributed by atoms with E-state index in [2.05, 4.69) is 15.1 Å². The van der Waals surface area contributed by atoms with Crippen LogP contribution in [0.4, 0.5) is 10.7 Å². The molecule has 1 fully saturated rings. The number of nitrogens with one attached hydrogen (secondary N) is 1. The minimum atomic E-state index is -1.96. The van der Waals surface area contributed by atoms with E-state index in [4.69, 9.17) is 24.5 Å². The van der Waals surface area contributed by atoms with Crippen LogP contribution in [0.5, 0.6) is 5.75 Å². The van der Waals surface area contributed by atoms with Crippen LogP contribution in [0.25, 0.3) is 22.3 Å². The molecule has 1 saturated heterocycles. The van der Waals surface area contributed by atoms with E-state index in [1.807, 2.05) is 25.7 Å². The van der Waals surface area contributed by atoms with Crippen LogP contribution in [0.3, 0.4) is 0 Å². The summed E-state index contributed by atoms with van der Waals surface area (Å²) < 4.78 is 12.6. The molecule has 2 amide bonds. The first kappa shape index (κ1) is 34.5. The molecule has 17 heteroatoms. The van der Waals surface area contributed by atoms with E-state index >= 15 is 0 Å². The Bertz CT molecular complexity index is 2210. The number of nitrogens with zero attached hydrogens (tertiary/aromatic N) is 7. The number of esters is 1. The summed E-state index contributed by atoms with van der Waals surface area (Å²) in [6.07, 6.45) is 3.63. The lowest BCUT2D eigenvalue weighted by Gasteiger charge is -2.33. The second kappa shape index (κ2) is 13.0. The Labute approximate surface area is 296 Å². The van der Waals surface area contributed by atoms with E-state index in [0.29, 0.717) is 65.5 Å². The Hall–Kier alpha value is -5.94. The predicted molar refractivity (Wildman–Crippen MR) is 184 cm³/mol. The summed E-state index contributed by atoms with van der Waals surface area (Å²) in [6, 6.07) is 6.66. The van der Waals surface area contributed by atoms with E-state index in [1.165, 1.54) is 17.9 Å². The Balaban J connectivity index is 1.18. The second-order valence-corrected chi connectivity index (χ2v) is 13.6. The summed E-state index contributed by atoms with van der Waals surface area (Å²) in [5.41, 5.74) is 1.84. The number of benzene rings is 1. The summed E-state index contributed by atoms with van der Waals surface area (Å²) in [5, 5.41) is 24.9. The van der Waals surface area contributed by atoms with Crippen LogP contribution in [-0.2, 0) is 33.1 Å². The number of pyridine rings is 2. The summed E-state index contributed by atoms with van der Waals surface area (Å²) >= 11 is 0. The molecule has 17 nitrogen and oxygen atoms in total. The normalized spacial score (nSPS) is 18.2. The molecule has 3 aliphatic rings. The van der Waals surface area contributed by atoms with Crippen molar-refractivity contribution in [3.8, 4) is 17.1 Å². The number of hydrogen-bond acceptors (Lipinski definition) is 14. The van der Waals surface area contributed by atoms with E-state index in [-0.39, 0.29) is 42.0 Å². The molecule has 3 N–H and O–H groups in total. The number of ether oxygens (including phenoxy) is 2. The van der Waals surface area contributed by atoms with Crippen molar-refractivity contribution in [2.24, 2.45) is 5.16 Å². The lowest BCUT2D eigenvalue weighted by molar-refractivity contribution is -0.172. The van der Waals surface area contributed by atoms with Gasteiger partial charge in [-0.15, -0.1) is 0 Å². The number of carbonyl (C=O) groups is 3. The molecule has 6 heterocycles. The van der Waals surface area contributed by atoms with Gasteiger partial charge in [0.25, 0.3) is 11.5 Å². The van der Waals surface area contributed by atoms with Crippen LogP contribution in [0.1, 0.15) is 66.7 Å². The van der Waals surface area contributed by atoms with Crippen LogP contribution in [0.15, 0.2) is 46.6 Å². The Kier molecular flexibility index (Phi) is 8.62. The molecule has 0 saturated carbocycles. The number of piperazine rings is 1. The van der Waals surface area contributed by atoms with Crippen LogP contribution in [-0.4, -0.2) is 90.7 Å². The minimum Gasteiger partial charge on any atom is -0.458 e. The molecule has 1 atom stereocenters. The molecule has 52 heavy (non-hydrogen) atoms. The Morgan fingerprint density at radius 2 is 1.83 bits per heavy atom. The highest BCUT2D eigenvalue weighted by Gasteiger charge is 2.45. The van der Waals surface area contributed by atoms with Gasteiger partial charge in [0.1, 0.15) is 18.0 Å². The molecule has 3 aromatic heterocycles. The molecule has 0 radical (unpaired) electrons. The Morgan fingerprint density at radius 1 is 1.10 bits per heavy atom. The molecular weight excluding hydrogens is 676 g/mol. The van der Waals surface area contributed by atoms with Crippen LogP contribution >= 0.6 is 0 Å². The fourth-order valence-electron chi connectivity index (χ4n) is 6.46. The number of anilines is 1. The van der Waals surface area contributed by atoms with E-state index < -0.39 is 34.7 Å². The van der Waals surface area contributed by atoms with E-state index in [9.17, 15) is 24.3 Å². The third-order valence-corrected chi connectivity index (χ3v) is 9.24. The maximum Gasteiger partial charge on any atom is 0.415 e. The SMILES string of the molecule is CC[C@@]1(O)C(=O)OCc2c1cc1n(c2=O)Cc2c-1nc1ccc(OC(=O)N3CCN(c4ncc(C(=O)NO)cn4)CC3)cc1c2/C=N/OC(C)(C)C. The number of hydrogen-bond donors (Lipinski definition) is 3. The zero-order valence-electron chi connectivity index (χ0n) is 28.9. The number of aromatic nitrogens is 4. The molecule has 0 aliphatic carbocycles. The van der Waals surface area contributed by atoms with Crippen molar-refractivity contribution in [2.45, 2.75) is 58.5 Å². The third-order valence-electron chi connectivity index (χ3n) is 9.24. The van der Waals surface area contributed by atoms with E-state index in [0.717, 1.165) is 0 Å².